The zero-order valence-corrected chi connectivity index (χ0v) is 16.7. The van der Waals surface area contributed by atoms with Gasteiger partial charge in [-0.05, 0) is 61.7 Å². The zero-order valence-electron chi connectivity index (χ0n) is 16.7. The third-order valence-corrected chi connectivity index (χ3v) is 5.22. The number of carbonyl (C=O) groups is 1. The average molecular weight is 391 g/mol. The van der Waals surface area contributed by atoms with Gasteiger partial charge in [0.15, 0.2) is 5.82 Å². The summed E-state index contributed by atoms with van der Waals surface area (Å²) in [4.78, 5) is 18.9. The Balaban J connectivity index is 1.41. The summed E-state index contributed by atoms with van der Waals surface area (Å²) in [5.74, 6) is 1.64. The van der Waals surface area contributed by atoms with Gasteiger partial charge in [-0.1, -0.05) is 0 Å². The third kappa shape index (κ3) is 4.39. The van der Waals surface area contributed by atoms with Gasteiger partial charge in [0.25, 0.3) is 5.91 Å². The van der Waals surface area contributed by atoms with Crippen LogP contribution in [0.4, 0.5) is 5.82 Å². The molecule has 1 unspecified atom stereocenters. The molecule has 1 fully saturated rings. The van der Waals surface area contributed by atoms with Gasteiger partial charge < -0.3 is 15.0 Å². The highest BCUT2D eigenvalue weighted by Gasteiger charge is 2.23. The molecule has 1 amide bonds. The van der Waals surface area contributed by atoms with Crippen LogP contribution in [0.15, 0.2) is 48.7 Å². The van der Waals surface area contributed by atoms with E-state index in [1.54, 1.807) is 13.3 Å². The van der Waals surface area contributed by atoms with Crippen molar-refractivity contribution >= 4 is 11.7 Å². The Kier molecular flexibility index (Phi) is 5.46. The number of pyridine rings is 1. The van der Waals surface area contributed by atoms with E-state index >= 15 is 0 Å². The molecule has 0 aliphatic carbocycles. The molecule has 7 heteroatoms. The van der Waals surface area contributed by atoms with Crippen molar-refractivity contribution in [1.29, 1.82) is 0 Å². The minimum atomic E-state index is -0.0784. The number of anilines is 1. The summed E-state index contributed by atoms with van der Waals surface area (Å²) in [7, 11) is 1.66. The van der Waals surface area contributed by atoms with Crippen molar-refractivity contribution in [2.24, 2.45) is 0 Å². The Hall–Kier alpha value is -3.35. The SMILES string of the molecule is COc1ccc(-c2cc(N3CCCC(NC(=O)c4ccc(C)nc4)C3)n[nH]2)cc1. The van der Waals surface area contributed by atoms with E-state index in [0.717, 1.165) is 54.4 Å². The smallest absolute Gasteiger partial charge is 0.253 e. The second-order valence-electron chi connectivity index (χ2n) is 7.32. The Morgan fingerprint density at radius 2 is 2.07 bits per heavy atom. The normalized spacial score (nSPS) is 16.5. The Morgan fingerprint density at radius 3 is 2.79 bits per heavy atom. The number of piperidine rings is 1. The van der Waals surface area contributed by atoms with E-state index in [4.69, 9.17) is 4.74 Å². The maximum Gasteiger partial charge on any atom is 0.253 e. The van der Waals surface area contributed by atoms with Gasteiger partial charge in [-0.2, -0.15) is 5.10 Å². The van der Waals surface area contributed by atoms with Crippen LogP contribution in [0, 0.1) is 6.92 Å². The number of nitrogens with zero attached hydrogens (tertiary/aromatic N) is 3. The number of aromatic nitrogens is 3. The van der Waals surface area contributed by atoms with Crippen molar-refractivity contribution in [2.75, 3.05) is 25.1 Å². The number of H-pyrrole nitrogens is 1. The molecule has 3 heterocycles. The number of ether oxygens (including phenoxy) is 1. The summed E-state index contributed by atoms with van der Waals surface area (Å²) < 4.78 is 5.21. The van der Waals surface area contributed by atoms with Crippen molar-refractivity contribution < 1.29 is 9.53 Å². The average Bonchev–Trinajstić information content (AvgIpc) is 3.25. The van der Waals surface area contributed by atoms with Crippen LogP contribution < -0.4 is 15.0 Å². The van der Waals surface area contributed by atoms with Gasteiger partial charge in [0.1, 0.15) is 5.75 Å². The lowest BCUT2D eigenvalue weighted by Gasteiger charge is -2.33. The quantitative estimate of drug-likeness (QED) is 0.698. The van der Waals surface area contributed by atoms with Gasteiger partial charge >= 0.3 is 0 Å². The van der Waals surface area contributed by atoms with Crippen molar-refractivity contribution in [2.45, 2.75) is 25.8 Å². The number of aryl methyl sites for hydroxylation is 1. The first-order chi connectivity index (χ1) is 14.1. The van der Waals surface area contributed by atoms with Gasteiger partial charge in [0, 0.05) is 37.1 Å². The van der Waals surface area contributed by atoms with E-state index in [-0.39, 0.29) is 11.9 Å². The third-order valence-electron chi connectivity index (χ3n) is 5.22. The highest BCUT2D eigenvalue weighted by Crippen LogP contribution is 2.25. The Bertz CT molecular complexity index is 966. The molecule has 2 N–H and O–H groups in total. The number of nitrogens with one attached hydrogen (secondary N) is 2. The number of benzene rings is 1. The van der Waals surface area contributed by atoms with Crippen LogP contribution in [-0.4, -0.2) is 47.3 Å². The molecular weight excluding hydrogens is 366 g/mol. The second-order valence-corrected chi connectivity index (χ2v) is 7.32. The van der Waals surface area contributed by atoms with Gasteiger partial charge in [0.05, 0.1) is 18.4 Å². The molecule has 4 rings (SSSR count). The van der Waals surface area contributed by atoms with Crippen LogP contribution >= 0.6 is 0 Å². The van der Waals surface area contributed by atoms with E-state index < -0.39 is 0 Å². The topological polar surface area (TPSA) is 83.1 Å². The van der Waals surface area contributed by atoms with E-state index in [9.17, 15) is 4.79 Å². The monoisotopic (exact) mass is 391 g/mol. The molecule has 7 nitrogen and oxygen atoms in total. The lowest BCUT2D eigenvalue weighted by Crippen LogP contribution is -2.48. The van der Waals surface area contributed by atoms with Crippen LogP contribution in [-0.2, 0) is 0 Å². The molecule has 1 aromatic carbocycles. The van der Waals surface area contributed by atoms with Crippen molar-refractivity contribution in [1.82, 2.24) is 20.5 Å². The number of rotatable bonds is 5. The van der Waals surface area contributed by atoms with Crippen molar-refractivity contribution in [3.05, 3.63) is 59.9 Å². The number of hydrogen-bond acceptors (Lipinski definition) is 5. The molecule has 1 atom stereocenters. The van der Waals surface area contributed by atoms with Crippen LogP contribution in [0.2, 0.25) is 0 Å². The molecule has 0 bridgehead atoms. The summed E-state index contributed by atoms with van der Waals surface area (Å²) in [6.07, 6.45) is 3.58. The molecule has 29 heavy (non-hydrogen) atoms. The predicted octanol–water partition coefficient (Wildman–Crippen LogP) is 3.19. The second kappa shape index (κ2) is 8.34. The van der Waals surface area contributed by atoms with Crippen LogP contribution in [0.25, 0.3) is 11.3 Å². The number of methoxy groups -OCH3 is 1. The number of hydrogen-bond donors (Lipinski definition) is 2. The Labute approximate surface area is 170 Å². The summed E-state index contributed by atoms with van der Waals surface area (Å²) in [6.45, 7) is 3.56. The minimum Gasteiger partial charge on any atom is -0.497 e. The fourth-order valence-electron chi connectivity index (χ4n) is 3.57. The highest BCUT2D eigenvalue weighted by molar-refractivity contribution is 5.94. The molecule has 1 aliphatic heterocycles. The molecule has 0 radical (unpaired) electrons. The summed E-state index contributed by atoms with van der Waals surface area (Å²) in [5, 5.41) is 10.7. The number of carbonyl (C=O) groups excluding carboxylic acids is 1. The first-order valence-electron chi connectivity index (χ1n) is 9.80. The largest absolute Gasteiger partial charge is 0.497 e. The van der Waals surface area contributed by atoms with E-state index in [2.05, 4.69) is 31.5 Å². The van der Waals surface area contributed by atoms with Gasteiger partial charge in [-0.3, -0.25) is 14.9 Å². The van der Waals surface area contributed by atoms with E-state index in [1.807, 2.05) is 43.3 Å². The maximum absolute atomic E-state index is 12.5. The minimum absolute atomic E-state index is 0.0784. The molecule has 2 aromatic heterocycles. The lowest BCUT2D eigenvalue weighted by molar-refractivity contribution is 0.0932. The summed E-state index contributed by atoms with van der Waals surface area (Å²) in [5.41, 5.74) is 3.50. The molecule has 0 spiro atoms. The van der Waals surface area contributed by atoms with Gasteiger partial charge in [-0.25, -0.2) is 0 Å². The molecule has 0 saturated carbocycles. The Morgan fingerprint density at radius 1 is 1.24 bits per heavy atom. The standard InChI is InChI=1S/C22H25N5O2/c1-15-5-6-17(13-23-15)22(28)24-18-4-3-11-27(14-18)21-12-20(25-26-21)16-7-9-19(29-2)10-8-16/h5-10,12-13,18H,3-4,11,14H2,1-2H3,(H,24,28)(H,25,26). The summed E-state index contributed by atoms with van der Waals surface area (Å²) >= 11 is 0. The van der Waals surface area contributed by atoms with Crippen LogP contribution in [0.1, 0.15) is 28.9 Å². The first-order valence-corrected chi connectivity index (χ1v) is 9.80. The molecule has 1 saturated heterocycles. The molecule has 3 aromatic rings. The fourth-order valence-corrected chi connectivity index (χ4v) is 3.57. The predicted molar refractivity (Wildman–Crippen MR) is 112 cm³/mol. The molecular formula is C22H25N5O2. The number of amides is 1. The van der Waals surface area contributed by atoms with Gasteiger partial charge in [0.2, 0.25) is 0 Å². The maximum atomic E-state index is 12.5. The van der Waals surface area contributed by atoms with E-state index in [1.165, 1.54) is 0 Å². The first kappa shape index (κ1) is 19.0. The highest BCUT2D eigenvalue weighted by atomic mass is 16.5. The fraction of sp³-hybridized carbons (Fsp3) is 0.318. The van der Waals surface area contributed by atoms with E-state index in [0.29, 0.717) is 5.56 Å². The molecule has 150 valence electrons. The van der Waals surface area contributed by atoms with Crippen LogP contribution in [0.3, 0.4) is 0 Å². The summed E-state index contributed by atoms with van der Waals surface area (Å²) in [6, 6.07) is 13.7. The van der Waals surface area contributed by atoms with Crippen LogP contribution in [0.5, 0.6) is 5.75 Å². The van der Waals surface area contributed by atoms with Crippen molar-refractivity contribution in [3.8, 4) is 17.0 Å². The molecule has 1 aliphatic rings. The number of aromatic amines is 1. The lowest BCUT2D eigenvalue weighted by atomic mass is 10.0. The van der Waals surface area contributed by atoms with Gasteiger partial charge in [-0.15, -0.1) is 0 Å². The zero-order chi connectivity index (χ0) is 20.2. The van der Waals surface area contributed by atoms with Crippen molar-refractivity contribution in [3.63, 3.8) is 0 Å².